The number of rotatable bonds is 5. The number of aromatic nitrogens is 1. The number of ether oxygens (including phenoxy) is 1. The topological polar surface area (TPSA) is 110 Å². The number of benzene rings is 1. The first-order valence-electron chi connectivity index (χ1n) is 11.2. The van der Waals surface area contributed by atoms with Crippen LogP contribution in [-0.4, -0.2) is 72.4 Å². The molecule has 0 aliphatic carbocycles. The number of nitrogens with zero attached hydrogens (tertiary/aromatic N) is 5. The molecule has 4 heterocycles. The van der Waals surface area contributed by atoms with Crippen LogP contribution < -0.4 is 26.2 Å². The molecule has 184 valence electrons. The highest BCUT2D eigenvalue weighted by atomic mass is 19.1. The summed E-state index contributed by atoms with van der Waals surface area (Å²) in [6.07, 6.45) is 3.96. The average molecular weight is 487 g/mol. The van der Waals surface area contributed by atoms with Gasteiger partial charge in [-0.25, -0.2) is 29.4 Å². The maximum Gasteiger partial charge on any atom is 0.414 e. The Kier molecular flexibility index (Phi) is 6.33. The fraction of sp³-hybridized carbons (Fsp3) is 0.318. The Hall–Kier alpha value is -3.97. The summed E-state index contributed by atoms with van der Waals surface area (Å²) >= 11 is 0. The van der Waals surface area contributed by atoms with E-state index in [4.69, 9.17) is 4.74 Å². The van der Waals surface area contributed by atoms with Gasteiger partial charge >= 0.3 is 6.09 Å². The maximum atomic E-state index is 15.2. The van der Waals surface area contributed by atoms with Crippen molar-refractivity contribution in [3.05, 3.63) is 66.3 Å². The number of nitrogens with two attached hydrogens (primary N) is 1. The van der Waals surface area contributed by atoms with Crippen LogP contribution in [0.4, 0.5) is 25.0 Å². The third kappa shape index (κ3) is 4.81. The smallest absolute Gasteiger partial charge is 0.414 e. The van der Waals surface area contributed by atoms with E-state index in [2.05, 4.69) is 15.8 Å². The average Bonchev–Trinajstić information content (AvgIpc) is 3.42. The van der Waals surface area contributed by atoms with Gasteiger partial charge in [-0.15, -0.1) is 5.53 Å². The number of anilines is 2. The van der Waals surface area contributed by atoms with Gasteiger partial charge < -0.3 is 9.64 Å². The Labute approximate surface area is 199 Å². The molecule has 5 rings (SSSR count). The largest absolute Gasteiger partial charge is 0.442 e. The highest BCUT2D eigenvalue weighted by Gasteiger charge is 2.35. The van der Waals surface area contributed by atoms with Crippen LogP contribution in [0, 0.1) is 11.6 Å². The molecule has 2 amide bonds. The quantitative estimate of drug-likeness (QED) is 0.503. The third-order valence-electron chi connectivity index (χ3n) is 5.93. The molecule has 2 saturated heterocycles. The van der Waals surface area contributed by atoms with Gasteiger partial charge in [-0.05, 0) is 12.1 Å². The minimum absolute atomic E-state index is 0.0928. The van der Waals surface area contributed by atoms with Gasteiger partial charge in [0.25, 0.3) is 5.91 Å². The van der Waals surface area contributed by atoms with E-state index in [0.717, 1.165) is 12.1 Å². The lowest BCUT2D eigenvalue weighted by Crippen LogP contribution is -2.97. The molecule has 0 saturated carbocycles. The van der Waals surface area contributed by atoms with E-state index in [1.54, 1.807) is 41.0 Å². The Morgan fingerprint density at radius 2 is 2.03 bits per heavy atom. The van der Waals surface area contributed by atoms with E-state index < -0.39 is 23.8 Å². The number of quaternary nitrogens is 1. The van der Waals surface area contributed by atoms with Crippen LogP contribution in [0.1, 0.15) is 10.5 Å². The van der Waals surface area contributed by atoms with Gasteiger partial charge in [0.1, 0.15) is 24.0 Å². The van der Waals surface area contributed by atoms with Crippen LogP contribution in [0.5, 0.6) is 0 Å². The second-order valence-corrected chi connectivity index (χ2v) is 8.25. The summed E-state index contributed by atoms with van der Waals surface area (Å²) in [6, 6.07) is 7.32. The van der Waals surface area contributed by atoms with E-state index in [9.17, 15) is 9.59 Å². The number of nitrogens with one attached hydrogen (secondary N) is 2. The van der Waals surface area contributed by atoms with Gasteiger partial charge in [0, 0.05) is 38.0 Å². The first-order valence-corrected chi connectivity index (χ1v) is 11.2. The highest BCUT2D eigenvalue weighted by Crippen LogP contribution is 2.31. The summed E-state index contributed by atoms with van der Waals surface area (Å²) < 4.78 is 35.7. The van der Waals surface area contributed by atoms with E-state index in [1.807, 2.05) is 5.01 Å². The van der Waals surface area contributed by atoms with E-state index in [-0.39, 0.29) is 49.2 Å². The fourth-order valence-corrected chi connectivity index (χ4v) is 4.26. The first kappa shape index (κ1) is 22.8. The van der Waals surface area contributed by atoms with Crippen molar-refractivity contribution in [1.82, 2.24) is 25.9 Å². The molecule has 3 aliphatic rings. The van der Waals surface area contributed by atoms with E-state index in [1.165, 1.54) is 16.1 Å². The number of pyridine rings is 1. The van der Waals surface area contributed by atoms with Gasteiger partial charge in [-0.2, -0.15) is 0 Å². The van der Waals surface area contributed by atoms with E-state index in [0.29, 0.717) is 13.1 Å². The summed E-state index contributed by atoms with van der Waals surface area (Å²) in [6.45, 7) is 1.58. The number of hydrogen-bond donors (Lipinski definition) is 3. The van der Waals surface area contributed by atoms with Crippen LogP contribution in [0.15, 0.2) is 48.9 Å². The van der Waals surface area contributed by atoms with Crippen molar-refractivity contribution in [2.75, 3.05) is 49.1 Å². The fourth-order valence-electron chi connectivity index (χ4n) is 4.26. The van der Waals surface area contributed by atoms with Crippen LogP contribution >= 0.6 is 0 Å². The molecule has 2 aromatic rings. The van der Waals surface area contributed by atoms with Gasteiger partial charge in [0.15, 0.2) is 11.6 Å². The molecule has 0 bridgehead atoms. The Morgan fingerprint density at radius 1 is 1.20 bits per heavy atom. The van der Waals surface area contributed by atoms with Crippen LogP contribution in [-0.2, 0) is 4.74 Å². The van der Waals surface area contributed by atoms with Crippen LogP contribution in [0.25, 0.3) is 0 Å². The van der Waals surface area contributed by atoms with Gasteiger partial charge in [-0.1, -0.05) is 6.07 Å². The van der Waals surface area contributed by atoms with Crippen LogP contribution in [0.3, 0.4) is 0 Å². The number of carbonyl (C=O) groups excluding carboxylic acids is 2. The Morgan fingerprint density at radius 3 is 2.74 bits per heavy atom. The third-order valence-corrected chi connectivity index (χ3v) is 5.93. The standard InChI is InChI=1S/C22H24F2N8O3/c23-17-11-15(31-14-16(35-22(31)34)13-30-8-5-26-28-30)12-18(24)20(17)29-7-6-27-32(10-9-29)21(33)19-3-1-2-4-25-19/h1-5,8,11-12,16,26-28H,6-7,9-10,13-14H2/p+1/t16-/m0/s1. The van der Waals surface area contributed by atoms with Crippen molar-refractivity contribution >= 4 is 23.4 Å². The number of amides is 2. The van der Waals surface area contributed by atoms with Gasteiger partial charge in [-0.3, -0.25) is 19.7 Å². The zero-order chi connectivity index (χ0) is 24.4. The van der Waals surface area contributed by atoms with Crippen molar-refractivity contribution in [3.63, 3.8) is 0 Å². The molecule has 0 unspecified atom stereocenters. The zero-order valence-corrected chi connectivity index (χ0v) is 18.7. The van der Waals surface area contributed by atoms with E-state index >= 15 is 8.78 Å². The number of carbonyl (C=O) groups is 2. The van der Waals surface area contributed by atoms with Crippen molar-refractivity contribution in [1.29, 1.82) is 0 Å². The molecular weight excluding hydrogens is 462 g/mol. The second kappa shape index (κ2) is 9.72. The minimum Gasteiger partial charge on any atom is -0.442 e. The Balaban J connectivity index is 1.27. The number of hydrogen-bond acceptors (Lipinski definition) is 8. The summed E-state index contributed by atoms with van der Waals surface area (Å²) in [5.74, 6) is -1.90. The normalized spacial score (nSPS) is 20.2. The molecule has 1 aromatic heterocycles. The monoisotopic (exact) mass is 487 g/mol. The summed E-state index contributed by atoms with van der Waals surface area (Å²) in [7, 11) is 0. The molecule has 4 N–H and O–H groups in total. The summed E-state index contributed by atoms with van der Waals surface area (Å²) in [5, 5.41) is 3.22. The van der Waals surface area contributed by atoms with Crippen molar-refractivity contribution in [3.8, 4) is 0 Å². The molecule has 35 heavy (non-hydrogen) atoms. The first-order chi connectivity index (χ1) is 17.0. The second-order valence-electron chi connectivity index (χ2n) is 8.25. The molecule has 11 nitrogen and oxygen atoms in total. The number of hydrazine groups is 1. The maximum absolute atomic E-state index is 15.2. The number of cyclic esters (lactones) is 1. The molecular formula is C22H25F2N8O3+. The SMILES string of the molecule is O=C(c1ccccn1)N1CCN(c2c(F)cc(N3C[C@H](CN4C=CN[NH2+]4)OC3=O)cc2F)CCN1. The van der Waals surface area contributed by atoms with Gasteiger partial charge in [0.05, 0.1) is 31.2 Å². The predicted molar refractivity (Wildman–Crippen MR) is 120 cm³/mol. The molecule has 0 spiro atoms. The van der Waals surface area contributed by atoms with Crippen molar-refractivity contribution < 1.29 is 28.6 Å². The highest BCUT2D eigenvalue weighted by molar-refractivity contribution is 5.92. The lowest BCUT2D eigenvalue weighted by Gasteiger charge is -2.25. The number of halogens is 2. The van der Waals surface area contributed by atoms with Gasteiger partial charge in [0.2, 0.25) is 0 Å². The van der Waals surface area contributed by atoms with Crippen LogP contribution in [0.2, 0.25) is 0 Å². The summed E-state index contributed by atoms with van der Waals surface area (Å²) in [4.78, 5) is 31.9. The molecule has 13 heteroatoms. The molecule has 0 radical (unpaired) electrons. The van der Waals surface area contributed by atoms with Crippen molar-refractivity contribution in [2.24, 2.45) is 0 Å². The summed E-state index contributed by atoms with van der Waals surface area (Å²) in [5.41, 5.74) is 7.79. The lowest BCUT2D eigenvalue weighted by atomic mass is 10.2. The zero-order valence-electron chi connectivity index (χ0n) is 18.7. The molecule has 3 aliphatic heterocycles. The molecule has 1 aromatic carbocycles. The predicted octanol–water partition coefficient (Wildman–Crippen LogP) is -0.0782. The minimum atomic E-state index is -0.791. The Bertz CT molecular complexity index is 1110. The molecule has 2 fully saturated rings. The lowest BCUT2D eigenvalue weighted by molar-refractivity contribution is -0.822. The molecule has 1 atom stereocenters. The van der Waals surface area contributed by atoms with Crippen molar-refractivity contribution in [2.45, 2.75) is 6.10 Å².